The zero-order valence-electron chi connectivity index (χ0n) is 13.7. The van der Waals surface area contributed by atoms with E-state index in [0.29, 0.717) is 5.57 Å². The van der Waals surface area contributed by atoms with Crippen molar-refractivity contribution in [3.63, 3.8) is 0 Å². The van der Waals surface area contributed by atoms with Gasteiger partial charge in [0, 0.05) is 18.1 Å². The Morgan fingerprint density at radius 1 is 1.15 bits per heavy atom. The van der Waals surface area contributed by atoms with Crippen molar-refractivity contribution >= 4 is 39.2 Å². The third kappa shape index (κ3) is 3.41. The van der Waals surface area contributed by atoms with Gasteiger partial charge in [-0.05, 0) is 41.5 Å². The smallest absolute Gasteiger partial charge is 0.307 e. The minimum Gasteiger partial charge on any atom is -0.481 e. The standard InChI is InChI=1S/C20H15N3O2S/c24-19(25)12-15(20-22-17-3-1-2-4-18(17)26-20)11-14-5-7-16(8-6-14)23-10-9-21-13-23/h1-11,13H,12H2,(H,24,25)/b15-11-. The lowest BCUT2D eigenvalue weighted by molar-refractivity contribution is -0.135. The van der Waals surface area contributed by atoms with Gasteiger partial charge in [0.25, 0.3) is 0 Å². The molecule has 0 amide bonds. The summed E-state index contributed by atoms with van der Waals surface area (Å²) in [7, 11) is 0. The predicted molar refractivity (Wildman–Crippen MR) is 103 cm³/mol. The van der Waals surface area contributed by atoms with E-state index < -0.39 is 5.97 Å². The summed E-state index contributed by atoms with van der Waals surface area (Å²) in [6, 6.07) is 15.7. The Morgan fingerprint density at radius 3 is 2.65 bits per heavy atom. The molecule has 4 rings (SSSR count). The molecule has 26 heavy (non-hydrogen) atoms. The van der Waals surface area contributed by atoms with E-state index in [1.54, 1.807) is 12.5 Å². The molecule has 0 saturated carbocycles. The van der Waals surface area contributed by atoms with Crippen LogP contribution >= 0.6 is 11.3 Å². The fourth-order valence-electron chi connectivity index (χ4n) is 2.72. The Morgan fingerprint density at radius 2 is 1.96 bits per heavy atom. The number of para-hydroxylation sites is 1. The maximum atomic E-state index is 11.3. The van der Waals surface area contributed by atoms with Crippen LogP contribution in [0.15, 0.2) is 67.3 Å². The average molecular weight is 361 g/mol. The second kappa shape index (κ2) is 6.93. The van der Waals surface area contributed by atoms with Crippen LogP contribution in [0.3, 0.4) is 0 Å². The second-order valence-electron chi connectivity index (χ2n) is 5.79. The molecule has 0 spiro atoms. The molecule has 0 saturated heterocycles. The van der Waals surface area contributed by atoms with E-state index in [2.05, 4.69) is 9.97 Å². The van der Waals surface area contributed by atoms with Crippen LogP contribution < -0.4 is 0 Å². The van der Waals surface area contributed by atoms with Gasteiger partial charge in [-0.15, -0.1) is 11.3 Å². The average Bonchev–Trinajstić information content (AvgIpc) is 3.31. The predicted octanol–water partition coefficient (Wildman–Crippen LogP) is 4.50. The molecule has 0 fully saturated rings. The molecule has 0 aliphatic rings. The van der Waals surface area contributed by atoms with E-state index in [-0.39, 0.29) is 6.42 Å². The first-order valence-corrected chi connectivity index (χ1v) is 8.87. The molecule has 6 heteroatoms. The maximum absolute atomic E-state index is 11.3. The number of aliphatic carboxylic acids is 1. The molecule has 0 aliphatic carbocycles. The van der Waals surface area contributed by atoms with Crippen molar-refractivity contribution in [1.29, 1.82) is 0 Å². The summed E-state index contributed by atoms with van der Waals surface area (Å²) in [5, 5.41) is 10.0. The van der Waals surface area contributed by atoms with Gasteiger partial charge in [0.1, 0.15) is 5.01 Å². The Bertz CT molecular complexity index is 1050. The highest BCUT2D eigenvalue weighted by molar-refractivity contribution is 7.19. The van der Waals surface area contributed by atoms with Gasteiger partial charge in [-0.1, -0.05) is 24.3 Å². The lowest BCUT2D eigenvalue weighted by Gasteiger charge is -2.04. The Hall–Kier alpha value is -3.25. The molecule has 0 radical (unpaired) electrons. The number of carbonyl (C=O) groups is 1. The van der Waals surface area contributed by atoms with Crippen LogP contribution in [-0.4, -0.2) is 25.6 Å². The summed E-state index contributed by atoms with van der Waals surface area (Å²) >= 11 is 1.51. The summed E-state index contributed by atoms with van der Waals surface area (Å²) in [4.78, 5) is 20.0. The molecule has 2 aromatic heterocycles. The molecule has 2 heterocycles. The lowest BCUT2D eigenvalue weighted by atomic mass is 10.1. The Kier molecular flexibility index (Phi) is 4.33. The normalized spacial score (nSPS) is 11.8. The quantitative estimate of drug-likeness (QED) is 0.568. The number of aromatic nitrogens is 3. The van der Waals surface area contributed by atoms with Crippen molar-refractivity contribution in [2.75, 3.05) is 0 Å². The summed E-state index contributed by atoms with van der Waals surface area (Å²) < 4.78 is 2.97. The number of carboxylic acids is 1. The van der Waals surface area contributed by atoms with E-state index >= 15 is 0 Å². The van der Waals surface area contributed by atoms with Gasteiger partial charge >= 0.3 is 5.97 Å². The topological polar surface area (TPSA) is 68.0 Å². The van der Waals surface area contributed by atoms with Crippen molar-refractivity contribution < 1.29 is 9.90 Å². The van der Waals surface area contributed by atoms with Crippen molar-refractivity contribution in [3.8, 4) is 5.69 Å². The minimum absolute atomic E-state index is 0.0664. The number of rotatable bonds is 5. The van der Waals surface area contributed by atoms with E-state index in [0.717, 1.165) is 26.5 Å². The van der Waals surface area contributed by atoms with Gasteiger partial charge in [0.15, 0.2) is 0 Å². The van der Waals surface area contributed by atoms with Crippen LogP contribution in [-0.2, 0) is 4.79 Å². The number of imidazole rings is 1. The number of thiazole rings is 1. The van der Waals surface area contributed by atoms with Gasteiger partial charge < -0.3 is 9.67 Å². The van der Waals surface area contributed by atoms with Crippen LogP contribution in [0.2, 0.25) is 0 Å². The minimum atomic E-state index is -0.870. The third-order valence-electron chi connectivity index (χ3n) is 3.95. The molecular weight excluding hydrogens is 346 g/mol. The molecule has 0 unspecified atom stereocenters. The highest BCUT2D eigenvalue weighted by atomic mass is 32.1. The molecule has 128 valence electrons. The largest absolute Gasteiger partial charge is 0.481 e. The van der Waals surface area contributed by atoms with Crippen LogP contribution in [0.4, 0.5) is 0 Å². The molecule has 4 aromatic rings. The Labute approximate surface area is 153 Å². The number of fused-ring (bicyclic) bond motifs is 1. The van der Waals surface area contributed by atoms with Crippen molar-refractivity contribution in [3.05, 3.63) is 77.8 Å². The summed E-state index contributed by atoms with van der Waals surface area (Å²) in [5.41, 5.74) is 3.53. The van der Waals surface area contributed by atoms with Crippen LogP contribution in [0.1, 0.15) is 17.0 Å². The molecule has 0 bridgehead atoms. The van der Waals surface area contributed by atoms with Gasteiger partial charge in [0.05, 0.1) is 23.0 Å². The highest BCUT2D eigenvalue weighted by Crippen LogP contribution is 2.30. The van der Waals surface area contributed by atoms with Crippen molar-refractivity contribution in [2.24, 2.45) is 0 Å². The lowest BCUT2D eigenvalue weighted by Crippen LogP contribution is -1.97. The summed E-state index contributed by atoms with van der Waals surface area (Å²) in [5.74, 6) is -0.870. The second-order valence-corrected chi connectivity index (χ2v) is 6.82. The van der Waals surface area contributed by atoms with Gasteiger partial charge in [0.2, 0.25) is 0 Å². The Balaban J connectivity index is 1.70. The molecular formula is C20H15N3O2S. The molecule has 0 atom stereocenters. The van der Waals surface area contributed by atoms with Gasteiger partial charge in [-0.3, -0.25) is 4.79 Å². The third-order valence-corrected chi connectivity index (χ3v) is 5.06. The molecule has 2 aromatic carbocycles. The number of benzene rings is 2. The van der Waals surface area contributed by atoms with Crippen LogP contribution in [0, 0.1) is 0 Å². The van der Waals surface area contributed by atoms with Crippen molar-refractivity contribution in [1.82, 2.24) is 14.5 Å². The van der Waals surface area contributed by atoms with E-state index in [1.807, 2.05) is 65.4 Å². The van der Waals surface area contributed by atoms with Gasteiger partial charge in [-0.2, -0.15) is 0 Å². The number of nitrogens with zero attached hydrogens (tertiary/aromatic N) is 3. The number of hydrogen-bond acceptors (Lipinski definition) is 4. The monoisotopic (exact) mass is 361 g/mol. The first-order valence-electron chi connectivity index (χ1n) is 8.06. The van der Waals surface area contributed by atoms with E-state index in [1.165, 1.54) is 11.3 Å². The maximum Gasteiger partial charge on any atom is 0.307 e. The van der Waals surface area contributed by atoms with E-state index in [9.17, 15) is 9.90 Å². The zero-order valence-corrected chi connectivity index (χ0v) is 14.6. The first-order chi connectivity index (χ1) is 12.7. The first kappa shape index (κ1) is 16.2. The van der Waals surface area contributed by atoms with Crippen LogP contribution in [0.5, 0.6) is 0 Å². The summed E-state index contributed by atoms with van der Waals surface area (Å²) in [6.45, 7) is 0. The fourth-order valence-corrected chi connectivity index (χ4v) is 3.70. The molecule has 0 aliphatic heterocycles. The molecule has 1 N–H and O–H groups in total. The molecule has 5 nitrogen and oxygen atoms in total. The van der Waals surface area contributed by atoms with Gasteiger partial charge in [-0.25, -0.2) is 9.97 Å². The summed E-state index contributed by atoms with van der Waals surface area (Å²) in [6.07, 6.45) is 7.17. The number of carboxylic acid groups (broad SMARTS) is 1. The SMILES string of the molecule is O=C(O)C/C(=C/c1ccc(-n2ccnc2)cc1)c1nc2ccccc2s1. The fraction of sp³-hybridized carbons (Fsp3) is 0.0500. The number of hydrogen-bond donors (Lipinski definition) is 1. The highest BCUT2D eigenvalue weighted by Gasteiger charge is 2.12. The van der Waals surface area contributed by atoms with E-state index in [4.69, 9.17) is 0 Å². The van der Waals surface area contributed by atoms with Crippen molar-refractivity contribution in [2.45, 2.75) is 6.42 Å². The zero-order chi connectivity index (χ0) is 17.9. The van der Waals surface area contributed by atoms with Crippen LogP contribution in [0.25, 0.3) is 27.6 Å².